The monoisotopic (exact) mass is 306 g/mol. The fraction of sp³-hybridized carbons (Fsp3) is 0.357. The molecule has 112 valence electrons. The number of sulfonamides is 1. The van der Waals surface area contributed by atoms with Gasteiger partial charge in [-0.05, 0) is 36.6 Å². The summed E-state index contributed by atoms with van der Waals surface area (Å²) in [6.07, 6.45) is 5.22. The van der Waals surface area contributed by atoms with Crippen molar-refractivity contribution in [3.63, 3.8) is 0 Å². The minimum atomic E-state index is -3.44. The summed E-state index contributed by atoms with van der Waals surface area (Å²) in [6, 6.07) is 7.11. The summed E-state index contributed by atoms with van der Waals surface area (Å²) >= 11 is 0. The molecule has 0 radical (unpaired) electrons. The van der Waals surface area contributed by atoms with Crippen LogP contribution in [0.15, 0.2) is 41.6 Å². The van der Waals surface area contributed by atoms with E-state index in [9.17, 15) is 8.42 Å². The lowest BCUT2D eigenvalue weighted by atomic mass is 10.2. The summed E-state index contributed by atoms with van der Waals surface area (Å²) in [5.74, 6) is 0. The van der Waals surface area contributed by atoms with Gasteiger partial charge in [0, 0.05) is 37.7 Å². The first-order chi connectivity index (χ1) is 10.1. The molecule has 1 aliphatic rings. The highest BCUT2D eigenvalue weighted by Crippen LogP contribution is 2.25. The standard InChI is InChI=1S/C14H18N4O2S/c19-21(20,17-7-2-10-18-9-1-6-16-18)13-4-3-12-5-8-15-14(12)11-13/h1,3-4,6,9,11,15,17H,2,5,7-8,10H2. The zero-order valence-electron chi connectivity index (χ0n) is 11.6. The lowest BCUT2D eigenvalue weighted by Crippen LogP contribution is -2.25. The third-order valence-corrected chi connectivity index (χ3v) is 4.98. The number of rotatable bonds is 6. The lowest BCUT2D eigenvalue weighted by molar-refractivity contribution is 0.553. The first-order valence-electron chi connectivity index (χ1n) is 6.99. The maximum Gasteiger partial charge on any atom is 0.240 e. The Labute approximate surface area is 124 Å². The molecule has 2 heterocycles. The predicted molar refractivity (Wildman–Crippen MR) is 80.7 cm³/mol. The topological polar surface area (TPSA) is 76.0 Å². The highest BCUT2D eigenvalue weighted by atomic mass is 32.2. The van der Waals surface area contributed by atoms with Crippen molar-refractivity contribution in [3.05, 3.63) is 42.2 Å². The molecule has 0 saturated carbocycles. The average Bonchev–Trinajstić information content (AvgIpc) is 3.13. The van der Waals surface area contributed by atoms with Crippen LogP contribution in [-0.2, 0) is 23.0 Å². The molecule has 3 rings (SSSR count). The van der Waals surface area contributed by atoms with E-state index in [1.807, 2.05) is 18.3 Å². The molecule has 1 aromatic carbocycles. The van der Waals surface area contributed by atoms with E-state index in [2.05, 4.69) is 15.1 Å². The second kappa shape index (κ2) is 5.87. The first kappa shape index (κ1) is 14.1. The molecule has 2 N–H and O–H groups in total. The van der Waals surface area contributed by atoms with Gasteiger partial charge in [-0.2, -0.15) is 5.10 Å². The van der Waals surface area contributed by atoms with E-state index in [0.29, 0.717) is 24.4 Å². The Morgan fingerprint density at radius 1 is 1.38 bits per heavy atom. The Kier molecular flexibility index (Phi) is 3.94. The van der Waals surface area contributed by atoms with E-state index in [0.717, 1.165) is 18.7 Å². The van der Waals surface area contributed by atoms with E-state index in [1.54, 1.807) is 23.0 Å². The van der Waals surface area contributed by atoms with Gasteiger partial charge < -0.3 is 5.32 Å². The van der Waals surface area contributed by atoms with Gasteiger partial charge in [0.1, 0.15) is 0 Å². The molecule has 0 atom stereocenters. The largest absolute Gasteiger partial charge is 0.384 e. The summed E-state index contributed by atoms with van der Waals surface area (Å²) in [4.78, 5) is 0.315. The molecule has 0 saturated heterocycles. The van der Waals surface area contributed by atoms with Gasteiger partial charge in [0.25, 0.3) is 0 Å². The Balaban J connectivity index is 1.59. The number of nitrogens with one attached hydrogen (secondary N) is 2. The minimum absolute atomic E-state index is 0.315. The van der Waals surface area contributed by atoms with Crippen molar-refractivity contribution in [1.82, 2.24) is 14.5 Å². The molecule has 0 fully saturated rings. The van der Waals surface area contributed by atoms with Crippen LogP contribution >= 0.6 is 0 Å². The van der Waals surface area contributed by atoms with Gasteiger partial charge in [-0.3, -0.25) is 4.68 Å². The van der Waals surface area contributed by atoms with Crippen LogP contribution in [0.1, 0.15) is 12.0 Å². The van der Waals surface area contributed by atoms with Crippen LogP contribution in [0, 0.1) is 0 Å². The summed E-state index contributed by atoms with van der Waals surface area (Å²) < 4.78 is 28.9. The van der Waals surface area contributed by atoms with Gasteiger partial charge in [0.2, 0.25) is 10.0 Å². The Morgan fingerprint density at radius 3 is 3.10 bits per heavy atom. The Bertz CT molecular complexity index is 711. The van der Waals surface area contributed by atoms with Crippen LogP contribution in [-0.4, -0.2) is 31.3 Å². The zero-order valence-corrected chi connectivity index (χ0v) is 12.4. The average molecular weight is 306 g/mol. The number of hydrogen-bond acceptors (Lipinski definition) is 4. The number of benzene rings is 1. The molecular formula is C14H18N4O2S. The maximum atomic E-state index is 12.2. The molecule has 0 aliphatic carbocycles. The van der Waals surface area contributed by atoms with Crippen LogP contribution < -0.4 is 10.0 Å². The molecule has 6 nitrogen and oxygen atoms in total. The number of hydrogen-bond donors (Lipinski definition) is 2. The van der Waals surface area contributed by atoms with Gasteiger partial charge in [0.05, 0.1) is 4.90 Å². The van der Waals surface area contributed by atoms with Crippen molar-refractivity contribution < 1.29 is 8.42 Å². The molecule has 2 aromatic rings. The van der Waals surface area contributed by atoms with Crippen LogP contribution in [0.25, 0.3) is 0 Å². The van der Waals surface area contributed by atoms with Gasteiger partial charge in [-0.25, -0.2) is 13.1 Å². The predicted octanol–water partition coefficient (Wildman–Crippen LogP) is 1.22. The van der Waals surface area contributed by atoms with Crippen molar-refractivity contribution in [2.75, 3.05) is 18.4 Å². The van der Waals surface area contributed by atoms with Gasteiger partial charge in [-0.1, -0.05) is 6.07 Å². The number of aryl methyl sites for hydroxylation is 1. The van der Waals surface area contributed by atoms with Gasteiger partial charge in [0.15, 0.2) is 0 Å². The van der Waals surface area contributed by atoms with E-state index in [1.165, 1.54) is 5.56 Å². The fourth-order valence-electron chi connectivity index (χ4n) is 2.40. The highest BCUT2D eigenvalue weighted by molar-refractivity contribution is 7.89. The van der Waals surface area contributed by atoms with E-state index < -0.39 is 10.0 Å². The van der Waals surface area contributed by atoms with Crippen molar-refractivity contribution in [2.45, 2.75) is 24.3 Å². The fourth-order valence-corrected chi connectivity index (χ4v) is 3.50. The molecule has 1 aromatic heterocycles. The molecule has 0 amide bonds. The van der Waals surface area contributed by atoms with E-state index >= 15 is 0 Å². The van der Waals surface area contributed by atoms with E-state index in [4.69, 9.17) is 0 Å². The number of fused-ring (bicyclic) bond motifs is 1. The van der Waals surface area contributed by atoms with Crippen LogP contribution in [0.3, 0.4) is 0 Å². The Morgan fingerprint density at radius 2 is 2.29 bits per heavy atom. The van der Waals surface area contributed by atoms with Crippen molar-refractivity contribution in [3.8, 4) is 0 Å². The highest BCUT2D eigenvalue weighted by Gasteiger charge is 2.17. The second-order valence-electron chi connectivity index (χ2n) is 5.02. The molecule has 0 spiro atoms. The molecule has 21 heavy (non-hydrogen) atoms. The zero-order chi connectivity index (χ0) is 14.7. The summed E-state index contributed by atoms with van der Waals surface area (Å²) in [5, 5.41) is 7.27. The third-order valence-electron chi connectivity index (χ3n) is 3.52. The molecule has 1 aliphatic heterocycles. The molecular weight excluding hydrogens is 288 g/mol. The SMILES string of the molecule is O=S(=O)(NCCCn1cccn1)c1ccc2c(c1)NCC2. The second-order valence-corrected chi connectivity index (χ2v) is 6.78. The van der Waals surface area contributed by atoms with Crippen molar-refractivity contribution in [1.29, 1.82) is 0 Å². The maximum absolute atomic E-state index is 12.2. The Hall–Kier alpha value is -1.86. The molecule has 7 heteroatoms. The summed E-state index contributed by atoms with van der Waals surface area (Å²) in [7, 11) is -3.44. The molecule has 0 bridgehead atoms. The quantitative estimate of drug-likeness (QED) is 0.787. The van der Waals surface area contributed by atoms with Crippen LogP contribution in [0.5, 0.6) is 0 Å². The lowest BCUT2D eigenvalue weighted by Gasteiger charge is -2.08. The van der Waals surface area contributed by atoms with E-state index in [-0.39, 0.29) is 0 Å². The molecule has 0 unspecified atom stereocenters. The van der Waals surface area contributed by atoms with Crippen molar-refractivity contribution >= 4 is 15.7 Å². The normalized spacial score (nSPS) is 13.9. The van der Waals surface area contributed by atoms with Crippen molar-refractivity contribution in [2.24, 2.45) is 0 Å². The van der Waals surface area contributed by atoms with Crippen LogP contribution in [0.2, 0.25) is 0 Å². The summed E-state index contributed by atoms with van der Waals surface area (Å²) in [5.41, 5.74) is 2.10. The first-order valence-corrected chi connectivity index (χ1v) is 8.47. The van der Waals surface area contributed by atoms with Gasteiger partial charge >= 0.3 is 0 Å². The number of anilines is 1. The van der Waals surface area contributed by atoms with Gasteiger partial charge in [-0.15, -0.1) is 0 Å². The number of aromatic nitrogens is 2. The van der Waals surface area contributed by atoms with Crippen LogP contribution in [0.4, 0.5) is 5.69 Å². The number of nitrogens with zero attached hydrogens (tertiary/aromatic N) is 2. The smallest absolute Gasteiger partial charge is 0.240 e. The summed E-state index contributed by atoms with van der Waals surface area (Å²) in [6.45, 7) is 1.96. The third kappa shape index (κ3) is 3.25. The minimum Gasteiger partial charge on any atom is -0.384 e.